The van der Waals surface area contributed by atoms with E-state index in [2.05, 4.69) is 20.8 Å². The molecule has 0 radical (unpaired) electrons. The minimum Gasteiger partial charge on any atom is -0.507 e. The predicted molar refractivity (Wildman–Crippen MR) is 76.0 cm³/mol. The summed E-state index contributed by atoms with van der Waals surface area (Å²) in [6, 6.07) is 3.84. The van der Waals surface area contributed by atoms with Gasteiger partial charge in [0.25, 0.3) is 0 Å². The highest BCUT2D eigenvalue weighted by Crippen LogP contribution is 2.65. The van der Waals surface area contributed by atoms with Gasteiger partial charge in [-0.15, -0.1) is 0 Å². The summed E-state index contributed by atoms with van der Waals surface area (Å²) >= 11 is 0. The second-order valence-electron chi connectivity index (χ2n) is 7.42. The van der Waals surface area contributed by atoms with Gasteiger partial charge >= 0.3 is 0 Å². The predicted octanol–water partition coefficient (Wildman–Crippen LogP) is 3.73. The molecule has 1 saturated heterocycles. The summed E-state index contributed by atoms with van der Waals surface area (Å²) in [7, 11) is 0. The Morgan fingerprint density at radius 3 is 2.75 bits per heavy atom. The van der Waals surface area contributed by atoms with Crippen LogP contribution in [-0.4, -0.2) is 16.3 Å². The minimum absolute atomic E-state index is 0.0353. The van der Waals surface area contributed by atoms with Crippen LogP contribution in [0, 0.1) is 18.8 Å². The quantitative estimate of drug-likeness (QED) is 0.783. The van der Waals surface area contributed by atoms with Crippen molar-refractivity contribution in [1.82, 2.24) is 0 Å². The Hall–Kier alpha value is -1.22. The van der Waals surface area contributed by atoms with Crippen LogP contribution in [-0.2, 0) is 4.74 Å². The van der Waals surface area contributed by atoms with E-state index in [-0.39, 0.29) is 17.3 Å². The number of benzene rings is 1. The zero-order valence-corrected chi connectivity index (χ0v) is 12.6. The van der Waals surface area contributed by atoms with Crippen LogP contribution < -0.4 is 4.74 Å². The number of hydrogen-bond acceptors (Lipinski definition) is 3. The average molecular weight is 274 g/mol. The molecule has 0 spiro atoms. The van der Waals surface area contributed by atoms with Gasteiger partial charge in [-0.05, 0) is 64.2 Å². The number of ether oxygens (including phenoxy) is 2. The van der Waals surface area contributed by atoms with Crippen molar-refractivity contribution in [1.29, 1.82) is 0 Å². The molecular formula is C17H22O3. The Morgan fingerprint density at radius 2 is 2.00 bits per heavy atom. The highest BCUT2D eigenvalue weighted by atomic mass is 16.5. The number of rotatable bonds is 0. The smallest absolute Gasteiger partial charge is 0.129 e. The van der Waals surface area contributed by atoms with Crippen LogP contribution in [0.5, 0.6) is 11.5 Å². The van der Waals surface area contributed by atoms with Gasteiger partial charge in [0.05, 0.1) is 17.3 Å². The first-order valence-electron chi connectivity index (χ1n) is 7.52. The first-order chi connectivity index (χ1) is 9.32. The van der Waals surface area contributed by atoms with E-state index in [1.54, 1.807) is 0 Å². The van der Waals surface area contributed by atoms with E-state index in [0.717, 1.165) is 29.7 Å². The molecule has 1 saturated carbocycles. The zero-order valence-electron chi connectivity index (χ0n) is 12.6. The van der Waals surface area contributed by atoms with Crippen LogP contribution in [0.2, 0.25) is 0 Å². The lowest BCUT2D eigenvalue weighted by molar-refractivity contribution is -0.0744. The lowest BCUT2D eigenvalue weighted by Gasteiger charge is -2.41. The van der Waals surface area contributed by atoms with E-state index in [9.17, 15) is 5.11 Å². The Labute approximate surface area is 119 Å². The molecule has 108 valence electrons. The van der Waals surface area contributed by atoms with Gasteiger partial charge in [0.1, 0.15) is 17.1 Å². The number of phenolic OH excluding ortho intramolecular Hbond substituents is 1. The highest BCUT2D eigenvalue weighted by Gasteiger charge is 2.64. The molecule has 3 heteroatoms. The van der Waals surface area contributed by atoms with Crippen LogP contribution in [0.1, 0.15) is 50.8 Å². The van der Waals surface area contributed by atoms with Gasteiger partial charge in [-0.2, -0.15) is 0 Å². The summed E-state index contributed by atoms with van der Waals surface area (Å²) < 4.78 is 12.7. The van der Waals surface area contributed by atoms with E-state index in [0.29, 0.717) is 17.6 Å². The number of fused-ring (bicyclic) bond motifs is 2. The molecular weight excluding hydrogens is 252 g/mol. The second kappa shape index (κ2) is 3.51. The molecule has 2 heterocycles. The van der Waals surface area contributed by atoms with Crippen LogP contribution in [0.4, 0.5) is 0 Å². The lowest BCUT2D eigenvalue weighted by atomic mass is 9.75. The Balaban J connectivity index is 1.93. The number of hydrogen-bond donors (Lipinski definition) is 1. The van der Waals surface area contributed by atoms with Gasteiger partial charge in [-0.3, -0.25) is 0 Å². The molecule has 0 aromatic heterocycles. The second-order valence-corrected chi connectivity index (χ2v) is 7.42. The number of aromatic hydroxyl groups is 1. The van der Waals surface area contributed by atoms with Crippen molar-refractivity contribution in [2.75, 3.05) is 0 Å². The standard InChI is InChI=1S/C17H22O3/c1-9-7-11(18)13-12(8-9)19-17(4)6-5-10-14(17)15(13)20-16(10,2)3/h7-8,10,14-15,18H,5-6H2,1-4H3/t10-,14+,15+,17+/m0/s1. The van der Waals surface area contributed by atoms with Crippen LogP contribution in [0.25, 0.3) is 0 Å². The van der Waals surface area contributed by atoms with E-state index >= 15 is 0 Å². The molecule has 4 rings (SSSR count). The monoisotopic (exact) mass is 274 g/mol. The molecule has 1 N–H and O–H groups in total. The van der Waals surface area contributed by atoms with Gasteiger partial charge in [-0.25, -0.2) is 0 Å². The summed E-state index contributed by atoms with van der Waals surface area (Å²) in [6.07, 6.45) is 2.17. The first kappa shape index (κ1) is 12.5. The fourth-order valence-electron chi connectivity index (χ4n) is 4.74. The van der Waals surface area contributed by atoms with Crippen molar-refractivity contribution < 1.29 is 14.6 Å². The van der Waals surface area contributed by atoms with E-state index in [1.165, 1.54) is 0 Å². The fraction of sp³-hybridized carbons (Fsp3) is 0.647. The maximum absolute atomic E-state index is 10.4. The van der Waals surface area contributed by atoms with Crippen molar-refractivity contribution in [3.8, 4) is 11.5 Å². The van der Waals surface area contributed by atoms with Crippen LogP contribution >= 0.6 is 0 Å². The van der Waals surface area contributed by atoms with Crippen molar-refractivity contribution in [3.05, 3.63) is 23.3 Å². The topological polar surface area (TPSA) is 38.7 Å². The third kappa shape index (κ3) is 1.39. The van der Waals surface area contributed by atoms with Gasteiger partial charge in [0.15, 0.2) is 0 Å². The number of phenols is 1. The highest BCUT2D eigenvalue weighted by molar-refractivity contribution is 5.51. The zero-order chi connectivity index (χ0) is 14.3. The molecule has 20 heavy (non-hydrogen) atoms. The summed E-state index contributed by atoms with van der Waals surface area (Å²) in [4.78, 5) is 0. The molecule has 0 amide bonds. The minimum atomic E-state index is -0.156. The Morgan fingerprint density at radius 1 is 1.25 bits per heavy atom. The lowest BCUT2D eigenvalue weighted by Crippen LogP contribution is -2.43. The van der Waals surface area contributed by atoms with Gasteiger partial charge in [0.2, 0.25) is 0 Å². The van der Waals surface area contributed by atoms with Crippen molar-refractivity contribution in [3.63, 3.8) is 0 Å². The van der Waals surface area contributed by atoms with Crippen molar-refractivity contribution in [2.24, 2.45) is 11.8 Å². The van der Waals surface area contributed by atoms with E-state index < -0.39 is 0 Å². The summed E-state index contributed by atoms with van der Waals surface area (Å²) in [6.45, 7) is 8.53. The van der Waals surface area contributed by atoms with Gasteiger partial charge in [-0.1, -0.05) is 0 Å². The molecule has 2 fully saturated rings. The Bertz CT molecular complexity index is 592. The molecule has 1 aromatic rings. The summed E-state index contributed by atoms with van der Waals surface area (Å²) in [5, 5.41) is 10.4. The molecule has 2 aliphatic heterocycles. The molecule has 3 aliphatic rings. The normalized spacial score (nSPS) is 40.1. The first-order valence-corrected chi connectivity index (χ1v) is 7.52. The summed E-state index contributed by atoms with van der Waals surface area (Å²) in [5.74, 6) is 1.98. The van der Waals surface area contributed by atoms with Gasteiger partial charge < -0.3 is 14.6 Å². The van der Waals surface area contributed by atoms with Crippen molar-refractivity contribution in [2.45, 2.75) is 57.8 Å². The Kier molecular flexibility index (Phi) is 2.19. The third-order valence-electron chi connectivity index (χ3n) is 5.63. The summed E-state index contributed by atoms with van der Waals surface area (Å²) in [5.41, 5.74) is 1.58. The molecule has 4 atom stereocenters. The average Bonchev–Trinajstić information content (AvgIpc) is 2.77. The molecule has 1 aliphatic carbocycles. The maximum atomic E-state index is 10.4. The van der Waals surface area contributed by atoms with Crippen LogP contribution in [0.15, 0.2) is 12.1 Å². The molecule has 0 bridgehead atoms. The SMILES string of the molecule is Cc1cc(O)c2c(c1)O[C@]1(C)CC[C@H]3[C@@H]1[C@@H]2OC3(C)C. The molecule has 3 nitrogen and oxygen atoms in total. The molecule has 0 unspecified atom stereocenters. The van der Waals surface area contributed by atoms with Crippen molar-refractivity contribution >= 4 is 0 Å². The van der Waals surface area contributed by atoms with E-state index in [4.69, 9.17) is 9.47 Å². The maximum Gasteiger partial charge on any atom is 0.129 e. The van der Waals surface area contributed by atoms with E-state index in [1.807, 2.05) is 19.1 Å². The fourth-order valence-corrected chi connectivity index (χ4v) is 4.74. The molecule has 1 aromatic carbocycles. The largest absolute Gasteiger partial charge is 0.507 e. The van der Waals surface area contributed by atoms with Gasteiger partial charge in [0, 0.05) is 5.92 Å². The number of aryl methyl sites for hydroxylation is 1. The van der Waals surface area contributed by atoms with Crippen LogP contribution in [0.3, 0.4) is 0 Å². The third-order valence-corrected chi connectivity index (χ3v) is 5.63.